The fourth-order valence-corrected chi connectivity index (χ4v) is 2.86. The van der Waals surface area contributed by atoms with Gasteiger partial charge in [0, 0.05) is 6.04 Å². The third-order valence-corrected chi connectivity index (χ3v) is 4.76. The van der Waals surface area contributed by atoms with E-state index in [1.165, 1.54) is 13.8 Å². The summed E-state index contributed by atoms with van der Waals surface area (Å²) in [4.78, 5) is 11.2. The van der Waals surface area contributed by atoms with E-state index in [1.807, 2.05) is 13.0 Å². The van der Waals surface area contributed by atoms with E-state index in [-0.39, 0.29) is 11.8 Å². The zero-order chi connectivity index (χ0) is 20.9. The number of ether oxygens (including phenoxy) is 1. The molecule has 0 aromatic heterocycles. The highest BCUT2D eigenvalue weighted by atomic mass is 35.5. The monoisotopic (exact) mass is 407 g/mol. The number of nitrogens with one attached hydrogen (secondary N) is 1. The molecule has 0 saturated heterocycles. The van der Waals surface area contributed by atoms with E-state index >= 15 is 0 Å². The topological polar surface area (TPSA) is 99.0 Å². The van der Waals surface area contributed by atoms with Crippen molar-refractivity contribution >= 4 is 17.6 Å². The van der Waals surface area contributed by atoms with Crippen LogP contribution >= 0.6 is 11.6 Å². The van der Waals surface area contributed by atoms with Crippen molar-refractivity contribution in [2.45, 2.75) is 44.9 Å². The van der Waals surface area contributed by atoms with Gasteiger partial charge in [-0.25, -0.2) is 4.79 Å². The van der Waals surface area contributed by atoms with Crippen molar-refractivity contribution in [1.82, 2.24) is 5.32 Å². The van der Waals surface area contributed by atoms with Crippen molar-refractivity contribution in [3.8, 4) is 11.5 Å². The van der Waals surface area contributed by atoms with Crippen LogP contribution in [0.4, 0.5) is 0 Å². The molecule has 2 aromatic carbocycles. The van der Waals surface area contributed by atoms with Gasteiger partial charge in [-0.1, -0.05) is 29.8 Å². The second kappa shape index (κ2) is 9.28. The molecule has 2 aromatic rings. The SMILES string of the molecule is C[C@H](NCCc1ccc(OC(C)(C)C(=O)O)c(Cl)c1)[C@@H](O)c1ccc(O)cc1. The Morgan fingerprint density at radius 3 is 2.43 bits per heavy atom. The van der Waals surface area contributed by atoms with Gasteiger partial charge in [-0.2, -0.15) is 0 Å². The normalized spacial score (nSPS) is 13.8. The van der Waals surface area contributed by atoms with Crippen LogP contribution in [-0.4, -0.2) is 39.5 Å². The summed E-state index contributed by atoms with van der Waals surface area (Å²) in [6, 6.07) is 11.5. The number of aliphatic carboxylic acids is 1. The zero-order valence-electron chi connectivity index (χ0n) is 16.1. The lowest BCUT2D eigenvalue weighted by Gasteiger charge is -2.22. The summed E-state index contributed by atoms with van der Waals surface area (Å²) >= 11 is 6.23. The molecule has 0 aliphatic rings. The van der Waals surface area contributed by atoms with E-state index in [4.69, 9.17) is 21.4 Å². The number of carbonyl (C=O) groups is 1. The Morgan fingerprint density at radius 1 is 1.21 bits per heavy atom. The van der Waals surface area contributed by atoms with Crippen molar-refractivity contribution in [2.24, 2.45) is 0 Å². The molecule has 152 valence electrons. The number of benzene rings is 2. The summed E-state index contributed by atoms with van der Waals surface area (Å²) in [5.41, 5.74) is 0.319. The third kappa shape index (κ3) is 5.86. The van der Waals surface area contributed by atoms with Crippen molar-refractivity contribution in [2.75, 3.05) is 6.54 Å². The van der Waals surface area contributed by atoms with Crippen molar-refractivity contribution < 1.29 is 24.9 Å². The number of phenols is 1. The minimum atomic E-state index is -1.37. The summed E-state index contributed by atoms with van der Waals surface area (Å²) in [7, 11) is 0. The Hall–Kier alpha value is -2.28. The Bertz CT molecular complexity index is 807. The number of phenolic OH excluding ortho intramolecular Hbond substituents is 1. The maximum atomic E-state index is 11.2. The first-order valence-corrected chi connectivity index (χ1v) is 9.39. The van der Waals surface area contributed by atoms with Crippen molar-refractivity contribution in [1.29, 1.82) is 0 Å². The number of rotatable bonds is 9. The van der Waals surface area contributed by atoms with Gasteiger partial charge in [-0.05, 0) is 69.1 Å². The number of aromatic hydroxyl groups is 1. The average Bonchev–Trinajstić information content (AvgIpc) is 2.63. The van der Waals surface area contributed by atoms with Crippen LogP contribution in [0.15, 0.2) is 42.5 Å². The molecule has 0 aliphatic carbocycles. The largest absolute Gasteiger partial charge is 0.508 e. The van der Waals surface area contributed by atoms with Crippen LogP contribution in [0.2, 0.25) is 5.02 Å². The fourth-order valence-electron chi connectivity index (χ4n) is 2.62. The number of carboxylic acids is 1. The summed E-state index contributed by atoms with van der Waals surface area (Å²) < 4.78 is 5.48. The van der Waals surface area contributed by atoms with Crippen LogP contribution in [0.1, 0.15) is 38.0 Å². The molecule has 0 fully saturated rings. The predicted molar refractivity (Wildman–Crippen MR) is 108 cm³/mol. The van der Waals surface area contributed by atoms with Gasteiger partial charge in [0.25, 0.3) is 0 Å². The molecule has 0 unspecified atom stereocenters. The summed E-state index contributed by atoms with van der Waals surface area (Å²) in [6.07, 6.45) is -0.0205. The Kier molecular flexibility index (Phi) is 7.29. The summed E-state index contributed by atoms with van der Waals surface area (Å²) in [5, 5.41) is 32.5. The van der Waals surface area contributed by atoms with Crippen LogP contribution in [0.3, 0.4) is 0 Å². The highest BCUT2D eigenvalue weighted by Crippen LogP contribution is 2.29. The molecule has 0 aliphatic heterocycles. The summed E-state index contributed by atoms with van der Waals surface area (Å²) in [6.45, 7) is 5.43. The van der Waals surface area contributed by atoms with Gasteiger partial charge in [0.1, 0.15) is 11.5 Å². The first-order chi connectivity index (χ1) is 13.1. The molecule has 2 rings (SSSR count). The van der Waals surface area contributed by atoms with Gasteiger partial charge in [-0.3, -0.25) is 0 Å². The minimum absolute atomic E-state index is 0.160. The molecule has 0 saturated carbocycles. The van der Waals surface area contributed by atoms with E-state index in [0.29, 0.717) is 23.7 Å². The van der Waals surface area contributed by atoms with Crippen LogP contribution in [0.5, 0.6) is 11.5 Å². The second-order valence-electron chi connectivity index (χ2n) is 7.21. The zero-order valence-corrected chi connectivity index (χ0v) is 16.9. The molecule has 2 atom stereocenters. The highest BCUT2D eigenvalue weighted by Gasteiger charge is 2.30. The third-order valence-electron chi connectivity index (χ3n) is 4.46. The van der Waals surface area contributed by atoms with Crippen molar-refractivity contribution in [3.63, 3.8) is 0 Å². The van der Waals surface area contributed by atoms with Gasteiger partial charge in [0.15, 0.2) is 5.60 Å². The molecule has 0 amide bonds. The summed E-state index contributed by atoms with van der Waals surface area (Å²) in [5.74, 6) is -0.590. The van der Waals surface area contributed by atoms with Gasteiger partial charge >= 0.3 is 5.97 Å². The number of aliphatic hydroxyl groups is 1. The smallest absolute Gasteiger partial charge is 0.347 e. The van der Waals surface area contributed by atoms with Crippen LogP contribution in [-0.2, 0) is 11.2 Å². The second-order valence-corrected chi connectivity index (χ2v) is 7.62. The highest BCUT2D eigenvalue weighted by molar-refractivity contribution is 6.32. The van der Waals surface area contributed by atoms with Gasteiger partial charge in [-0.15, -0.1) is 0 Å². The van der Waals surface area contributed by atoms with Crippen LogP contribution in [0.25, 0.3) is 0 Å². The van der Waals surface area contributed by atoms with Crippen molar-refractivity contribution in [3.05, 3.63) is 58.6 Å². The standard InChI is InChI=1S/C21H26ClNO5/c1-13(19(25)15-5-7-16(24)8-6-15)23-11-10-14-4-9-18(17(22)12-14)28-21(2,3)20(26)27/h4-9,12-13,19,23-25H,10-11H2,1-3H3,(H,26,27)/t13-,19+/m0/s1. The molecule has 4 N–H and O–H groups in total. The predicted octanol–water partition coefficient (Wildman–Crippen LogP) is 3.54. The Morgan fingerprint density at radius 2 is 1.86 bits per heavy atom. The molecule has 7 heteroatoms. The number of hydrogen-bond acceptors (Lipinski definition) is 5. The first kappa shape index (κ1) is 22.0. The van der Waals surface area contributed by atoms with E-state index in [9.17, 15) is 15.0 Å². The molecule has 0 heterocycles. The number of aliphatic hydroxyl groups excluding tert-OH is 1. The minimum Gasteiger partial charge on any atom is -0.508 e. The molecule has 28 heavy (non-hydrogen) atoms. The lowest BCUT2D eigenvalue weighted by molar-refractivity contribution is -0.152. The van der Waals surface area contributed by atoms with E-state index < -0.39 is 17.7 Å². The molecular formula is C21H26ClNO5. The molecular weight excluding hydrogens is 382 g/mol. The van der Waals surface area contributed by atoms with E-state index in [2.05, 4.69) is 5.32 Å². The lowest BCUT2D eigenvalue weighted by Crippen LogP contribution is -2.37. The molecule has 0 bridgehead atoms. The van der Waals surface area contributed by atoms with Gasteiger partial charge in [0.05, 0.1) is 11.1 Å². The quantitative estimate of drug-likeness (QED) is 0.507. The molecule has 6 nitrogen and oxygen atoms in total. The Labute approximate surface area is 169 Å². The average molecular weight is 408 g/mol. The fraction of sp³-hybridized carbons (Fsp3) is 0.381. The first-order valence-electron chi connectivity index (χ1n) is 9.01. The number of hydrogen-bond donors (Lipinski definition) is 4. The maximum Gasteiger partial charge on any atom is 0.347 e. The maximum absolute atomic E-state index is 11.2. The molecule has 0 spiro atoms. The van der Waals surface area contributed by atoms with E-state index in [0.717, 1.165) is 11.1 Å². The number of halogens is 1. The van der Waals surface area contributed by atoms with E-state index in [1.54, 1.807) is 36.4 Å². The van der Waals surface area contributed by atoms with Gasteiger partial charge in [0.2, 0.25) is 0 Å². The van der Waals surface area contributed by atoms with Gasteiger partial charge < -0.3 is 25.4 Å². The lowest BCUT2D eigenvalue weighted by atomic mass is 10.0. The van der Waals surface area contributed by atoms with Crippen LogP contribution < -0.4 is 10.1 Å². The van der Waals surface area contributed by atoms with Crippen LogP contribution in [0, 0.1) is 0 Å². The number of carboxylic acid groups (broad SMARTS) is 1. The Balaban J connectivity index is 1.89. The molecule has 0 radical (unpaired) electrons.